The monoisotopic (exact) mass is 368 g/mol. The molecule has 26 heavy (non-hydrogen) atoms. The summed E-state index contributed by atoms with van der Waals surface area (Å²) in [5.41, 5.74) is 0.327. The zero-order valence-electron chi connectivity index (χ0n) is 14.5. The van der Waals surface area contributed by atoms with E-state index in [2.05, 4.69) is 5.32 Å². The van der Waals surface area contributed by atoms with Crippen LogP contribution in [-0.2, 0) is 4.79 Å². The van der Waals surface area contributed by atoms with Crippen molar-refractivity contribution in [2.24, 2.45) is 0 Å². The van der Waals surface area contributed by atoms with Crippen molar-refractivity contribution >= 4 is 17.7 Å². The lowest BCUT2D eigenvalue weighted by Gasteiger charge is -2.36. The molecule has 2 saturated heterocycles. The van der Waals surface area contributed by atoms with Crippen molar-refractivity contribution in [3.05, 3.63) is 29.8 Å². The van der Waals surface area contributed by atoms with E-state index in [4.69, 9.17) is 5.11 Å². The number of benzene rings is 1. The van der Waals surface area contributed by atoms with Gasteiger partial charge in [-0.3, -0.25) is 9.69 Å². The van der Waals surface area contributed by atoms with E-state index < -0.39 is 23.6 Å². The number of rotatable bonds is 3. The topological polar surface area (TPSA) is 76.1 Å². The number of hydrogen-bond acceptors (Lipinski definition) is 4. The molecule has 2 atom stereocenters. The minimum atomic E-state index is -0.890. The smallest absolute Gasteiger partial charge is 0.320 e. The van der Waals surface area contributed by atoms with E-state index in [0.29, 0.717) is 44.8 Å². The maximum absolute atomic E-state index is 13.9. The molecule has 0 aromatic heterocycles. The van der Waals surface area contributed by atoms with Crippen molar-refractivity contribution in [1.82, 2.24) is 15.1 Å². The zero-order chi connectivity index (χ0) is 18.8. The Morgan fingerprint density at radius 3 is 2.46 bits per heavy atom. The van der Waals surface area contributed by atoms with Crippen LogP contribution in [0, 0.1) is 11.6 Å². The Hall–Kier alpha value is -2.42. The second-order valence-electron chi connectivity index (χ2n) is 6.75. The van der Waals surface area contributed by atoms with Crippen molar-refractivity contribution in [3.63, 3.8) is 0 Å². The number of amides is 2. The average molecular weight is 368 g/mol. The van der Waals surface area contributed by atoms with Crippen molar-refractivity contribution in [3.8, 4) is 0 Å². The van der Waals surface area contributed by atoms with E-state index in [0.717, 1.165) is 6.07 Å². The molecule has 3 rings (SSSR count). The van der Waals surface area contributed by atoms with Crippen LogP contribution >= 0.6 is 0 Å². The van der Waals surface area contributed by atoms with Gasteiger partial charge in [0.1, 0.15) is 17.7 Å². The lowest BCUT2D eigenvalue weighted by Crippen LogP contribution is -2.54. The Kier molecular flexibility index (Phi) is 5.26. The summed E-state index contributed by atoms with van der Waals surface area (Å²) in [4.78, 5) is 28.7. The number of carbonyl (C=O) groups is 2. The van der Waals surface area contributed by atoms with Crippen LogP contribution in [0.4, 0.5) is 19.3 Å². The summed E-state index contributed by atoms with van der Waals surface area (Å²) in [6.07, 6.45) is 0.373. The molecule has 0 spiro atoms. The maximum atomic E-state index is 13.9. The van der Waals surface area contributed by atoms with E-state index in [1.807, 2.05) is 0 Å². The van der Waals surface area contributed by atoms with Gasteiger partial charge in [-0.15, -0.1) is 0 Å². The molecule has 0 saturated carbocycles. The number of piperazine rings is 1. The molecule has 1 aromatic carbocycles. The summed E-state index contributed by atoms with van der Waals surface area (Å²) >= 11 is 0. The molecule has 2 aliphatic heterocycles. The van der Waals surface area contributed by atoms with Gasteiger partial charge in [-0.2, -0.15) is 0 Å². The summed E-state index contributed by atoms with van der Waals surface area (Å²) in [6.45, 7) is 2.20. The molecular weight excluding hydrogens is 346 g/mol. The number of urea groups is 1. The van der Waals surface area contributed by atoms with Crippen LogP contribution in [0.15, 0.2) is 18.2 Å². The van der Waals surface area contributed by atoms with Gasteiger partial charge in [0.25, 0.3) is 0 Å². The Bertz CT molecular complexity index is 695. The molecule has 9 heteroatoms. The van der Waals surface area contributed by atoms with Gasteiger partial charge in [0.05, 0.1) is 5.69 Å². The second kappa shape index (κ2) is 7.45. The molecule has 0 bridgehead atoms. The summed E-state index contributed by atoms with van der Waals surface area (Å²) < 4.78 is 26.9. The van der Waals surface area contributed by atoms with Crippen LogP contribution in [0.2, 0.25) is 0 Å². The van der Waals surface area contributed by atoms with Gasteiger partial charge in [0.2, 0.25) is 0 Å². The first kappa shape index (κ1) is 18.4. The standard InChI is InChI=1S/C17H22F2N4O3/c1-21-10-12(9-15(21)16(24)25)20-17(26)23-6-4-22(5-7-23)14-3-2-11(18)8-13(14)19/h2-3,8,12,15H,4-7,9-10H2,1H3,(H,20,26)(H,24,25)/t12-,15+/m1/s1. The van der Waals surface area contributed by atoms with E-state index in [1.165, 1.54) is 12.1 Å². The molecule has 2 aliphatic rings. The predicted octanol–water partition coefficient (Wildman–Crippen LogP) is 0.954. The molecule has 7 nitrogen and oxygen atoms in total. The molecule has 2 fully saturated rings. The predicted molar refractivity (Wildman–Crippen MR) is 91.1 cm³/mol. The van der Waals surface area contributed by atoms with Crippen LogP contribution in [0.25, 0.3) is 0 Å². The number of carboxylic acids is 1. The quantitative estimate of drug-likeness (QED) is 0.831. The molecule has 2 amide bonds. The summed E-state index contributed by atoms with van der Waals surface area (Å²) in [6, 6.07) is 2.44. The van der Waals surface area contributed by atoms with Crippen molar-refractivity contribution in [2.75, 3.05) is 44.7 Å². The molecule has 2 heterocycles. The first-order valence-electron chi connectivity index (χ1n) is 8.53. The number of likely N-dealkylation sites (N-methyl/N-ethyl adjacent to an activating group) is 1. The Labute approximate surface area is 150 Å². The molecule has 1 aromatic rings. The molecule has 2 N–H and O–H groups in total. The van der Waals surface area contributed by atoms with E-state index in [9.17, 15) is 18.4 Å². The fourth-order valence-corrected chi connectivity index (χ4v) is 3.55. The van der Waals surface area contributed by atoms with Crippen LogP contribution in [0.1, 0.15) is 6.42 Å². The number of nitrogens with one attached hydrogen (secondary N) is 1. The fraction of sp³-hybridized carbons (Fsp3) is 0.529. The zero-order valence-corrected chi connectivity index (χ0v) is 14.5. The fourth-order valence-electron chi connectivity index (χ4n) is 3.55. The number of anilines is 1. The largest absolute Gasteiger partial charge is 0.480 e. The minimum absolute atomic E-state index is 0.207. The van der Waals surface area contributed by atoms with Gasteiger partial charge in [-0.25, -0.2) is 13.6 Å². The first-order chi connectivity index (χ1) is 12.3. The van der Waals surface area contributed by atoms with Crippen LogP contribution in [-0.4, -0.2) is 78.8 Å². The highest BCUT2D eigenvalue weighted by atomic mass is 19.1. The summed E-state index contributed by atoms with van der Waals surface area (Å²) in [7, 11) is 1.72. The van der Waals surface area contributed by atoms with Gasteiger partial charge in [-0.05, 0) is 25.6 Å². The molecular formula is C17H22F2N4O3. The van der Waals surface area contributed by atoms with Crippen LogP contribution < -0.4 is 10.2 Å². The third-order valence-corrected chi connectivity index (χ3v) is 4.98. The highest BCUT2D eigenvalue weighted by molar-refractivity contribution is 5.76. The third kappa shape index (κ3) is 3.87. The van der Waals surface area contributed by atoms with Crippen molar-refractivity contribution < 1.29 is 23.5 Å². The number of hydrogen-bond donors (Lipinski definition) is 2. The Morgan fingerprint density at radius 1 is 1.19 bits per heavy atom. The van der Waals surface area contributed by atoms with Gasteiger partial charge in [0.15, 0.2) is 0 Å². The first-order valence-corrected chi connectivity index (χ1v) is 8.53. The van der Waals surface area contributed by atoms with Crippen molar-refractivity contribution in [2.45, 2.75) is 18.5 Å². The number of carboxylic acid groups (broad SMARTS) is 1. The number of carbonyl (C=O) groups excluding carboxylic acids is 1. The summed E-state index contributed by atoms with van der Waals surface area (Å²) in [5.74, 6) is -2.12. The minimum Gasteiger partial charge on any atom is -0.480 e. The van der Waals surface area contributed by atoms with Gasteiger partial charge in [0, 0.05) is 44.8 Å². The van der Waals surface area contributed by atoms with Gasteiger partial charge < -0.3 is 20.2 Å². The third-order valence-electron chi connectivity index (χ3n) is 4.98. The highest BCUT2D eigenvalue weighted by Crippen LogP contribution is 2.22. The maximum Gasteiger partial charge on any atom is 0.320 e. The number of aliphatic carboxylic acids is 1. The van der Waals surface area contributed by atoms with E-state index in [1.54, 1.807) is 21.7 Å². The van der Waals surface area contributed by atoms with Gasteiger partial charge >= 0.3 is 12.0 Å². The normalized spacial score (nSPS) is 24.0. The molecule has 0 radical (unpaired) electrons. The summed E-state index contributed by atoms with van der Waals surface area (Å²) in [5, 5.41) is 12.0. The van der Waals surface area contributed by atoms with Gasteiger partial charge in [-0.1, -0.05) is 0 Å². The average Bonchev–Trinajstić information content (AvgIpc) is 2.95. The highest BCUT2D eigenvalue weighted by Gasteiger charge is 2.36. The van der Waals surface area contributed by atoms with Crippen LogP contribution in [0.5, 0.6) is 0 Å². The van der Waals surface area contributed by atoms with E-state index in [-0.39, 0.29) is 12.1 Å². The lowest BCUT2D eigenvalue weighted by molar-refractivity contribution is -0.141. The van der Waals surface area contributed by atoms with Crippen molar-refractivity contribution in [1.29, 1.82) is 0 Å². The number of nitrogens with zero attached hydrogens (tertiary/aromatic N) is 3. The Balaban J connectivity index is 1.52. The Morgan fingerprint density at radius 2 is 1.88 bits per heavy atom. The number of halogens is 2. The second-order valence-corrected chi connectivity index (χ2v) is 6.75. The molecule has 0 aliphatic carbocycles. The van der Waals surface area contributed by atoms with Crippen LogP contribution in [0.3, 0.4) is 0 Å². The lowest BCUT2D eigenvalue weighted by atomic mass is 10.2. The van der Waals surface area contributed by atoms with E-state index >= 15 is 0 Å². The SMILES string of the molecule is CN1C[C@H](NC(=O)N2CCN(c3ccc(F)cc3F)CC2)C[C@H]1C(=O)O. The number of likely N-dealkylation sites (tertiary alicyclic amines) is 1. The molecule has 0 unspecified atom stereocenters. The molecule has 142 valence electrons.